The quantitative estimate of drug-likeness (QED) is 0.766. The lowest BCUT2D eigenvalue weighted by Crippen LogP contribution is -2.20. The van der Waals surface area contributed by atoms with Crippen molar-refractivity contribution in [2.24, 2.45) is 0 Å². The standard InChI is InChI=1S/C15H12N2O2/c1-17-13-3-2-11(8-12(13)9-14(17)18)15(19)10-4-6-16-7-5-10/h2-8H,9H2,1H3. The van der Waals surface area contributed by atoms with Crippen molar-refractivity contribution in [2.75, 3.05) is 11.9 Å². The molecule has 3 rings (SSSR count). The number of likely N-dealkylation sites (N-methyl/N-ethyl adjacent to an activating group) is 1. The average Bonchev–Trinajstić information content (AvgIpc) is 2.74. The highest BCUT2D eigenvalue weighted by molar-refractivity contribution is 6.10. The fraction of sp³-hybridized carbons (Fsp3) is 0.133. The molecule has 1 aromatic carbocycles. The number of ketones is 1. The zero-order valence-electron chi connectivity index (χ0n) is 10.5. The van der Waals surface area contributed by atoms with Crippen molar-refractivity contribution >= 4 is 17.4 Å². The molecule has 0 unspecified atom stereocenters. The van der Waals surface area contributed by atoms with Crippen LogP contribution in [0.5, 0.6) is 0 Å². The van der Waals surface area contributed by atoms with Gasteiger partial charge in [0, 0.05) is 36.3 Å². The molecule has 0 N–H and O–H groups in total. The molecular formula is C15H12N2O2. The Morgan fingerprint density at radius 1 is 1.16 bits per heavy atom. The third kappa shape index (κ3) is 1.91. The van der Waals surface area contributed by atoms with E-state index in [1.54, 1.807) is 48.6 Å². The summed E-state index contributed by atoms with van der Waals surface area (Å²) in [5.41, 5.74) is 3.00. The number of aromatic nitrogens is 1. The number of hydrogen-bond acceptors (Lipinski definition) is 3. The van der Waals surface area contributed by atoms with Gasteiger partial charge in [-0.2, -0.15) is 0 Å². The zero-order valence-corrected chi connectivity index (χ0v) is 10.5. The normalized spacial score (nSPS) is 13.5. The van der Waals surface area contributed by atoms with E-state index in [0.29, 0.717) is 17.5 Å². The number of carbonyl (C=O) groups excluding carboxylic acids is 2. The van der Waals surface area contributed by atoms with Crippen molar-refractivity contribution in [2.45, 2.75) is 6.42 Å². The van der Waals surface area contributed by atoms with E-state index in [1.807, 2.05) is 6.07 Å². The Morgan fingerprint density at radius 2 is 1.89 bits per heavy atom. The molecule has 0 spiro atoms. The molecule has 1 aliphatic heterocycles. The molecule has 4 nitrogen and oxygen atoms in total. The first-order valence-electron chi connectivity index (χ1n) is 6.01. The molecule has 1 aromatic heterocycles. The predicted octanol–water partition coefficient (Wildman–Crippen LogP) is 1.83. The summed E-state index contributed by atoms with van der Waals surface area (Å²) < 4.78 is 0. The minimum atomic E-state index is -0.0489. The first kappa shape index (κ1) is 11.6. The Kier molecular flexibility index (Phi) is 2.63. The van der Waals surface area contributed by atoms with Gasteiger partial charge in [0.05, 0.1) is 6.42 Å². The molecule has 1 amide bonds. The van der Waals surface area contributed by atoms with Gasteiger partial charge in [0.25, 0.3) is 0 Å². The maximum Gasteiger partial charge on any atom is 0.231 e. The third-order valence-electron chi connectivity index (χ3n) is 3.36. The largest absolute Gasteiger partial charge is 0.315 e. The molecule has 2 aromatic rings. The highest BCUT2D eigenvalue weighted by Crippen LogP contribution is 2.28. The van der Waals surface area contributed by atoms with Crippen molar-refractivity contribution < 1.29 is 9.59 Å². The van der Waals surface area contributed by atoms with E-state index in [0.717, 1.165) is 11.3 Å². The number of carbonyl (C=O) groups is 2. The maximum absolute atomic E-state index is 12.3. The maximum atomic E-state index is 12.3. The Hall–Kier alpha value is -2.49. The van der Waals surface area contributed by atoms with Crippen LogP contribution >= 0.6 is 0 Å². The number of fused-ring (bicyclic) bond motifs is 1. The highest BCUT2D eigenvalue weighted by Gasteiger charge is 2.24. The number of amides is 1. The second kappa shape index (κ2) is 4.31. The molecule has 0 saturated carbocycles. The average molecular weight is 252 g/mol. The van der Waals surface area contributed by atoms with Gasteiger partial charge in [0.2, 0.25) is 5.91 Å². The molecule has 0 fully saturated rings. The minimum absolute atomic E-state index is 0.0489. The molecule has 4 heteroatoms. The lowest BCUT2D eigenvalue weighted by Gasteiger charge is -2.10. The molecule has 0 saturated heterocycles. The van der Waals surface area contributed by atoms with Gasteiger partial charge in [0.15, 0.2) is 5.78 Å². The summed E-state index contributed by atoms with van der Waals surface area (Å²) in [7, 11) is 1.75. The molecule has 0 bridgehead atoms. The third-order valence-corrected chi connectivity index (χ3v) is 3.36. The van der Waals surface area contributed by atoms with Crippen LogP contribution < -0.4 is 4.90 Å². The number of pyridine rings is 1. The summed E-state index contributed by atoms with van der Waals surface area (Å²) in [5.74, 6) is 0.00992. The van der Waals surface area contributed by atoms with Crippen molar-refractivity contribution in [3.8, 4) is 0 Å². The molecule has 0 radical (unpaired) electrons. The van der Waals surface area contributed by atoms with Crippen LogP contribution in [0.25, 0.3) is 0 Å². The summed E-state index contributed by atoms with van der Waals surface area (Å²) in [6.07, 6.45) is 3.55. The number of rotatable bonds is 2. The van der Waals surface area contributed by atoms with Crippen molar-refractivity contribution in [3.63, 3.8) is 0 Å². The van der Waals surface area contributed by atoms with Crippen LogP contribution in [0.15, 0.2) is 42.7 Å². The van der Waals surface area contributed by atoms with Crippen LogP contribution in [0.1, 0.15) is 21.5 Å². The van der Waals surface area contributed by atoms with Gasteiger partial charge in [-0.25, -0.2) is 0 Å². The molecule has 2 heterocycles. The molecule has 0 atom stereocenters. The Balaban J connectivity index is 1.99. The lowest BCUT2D eigenvalue weighted by molar-refractivity contribution is -0.117. The number of anilines is 1. The minimum Gasteiger partial charge on any atom is -0.315 e. The Morgan fingerprint density at radius 3 is 2.63 bits per heavy atom. The van der Waals surface area contributed by atoms with Gasteiger partial charge in [-0.1, -0.05) is 0 Å². The van der Waals surface area contributed by atoms with Gasteiger partial charge in [-0.15, -0.1) is 0 Å². The van der Waals surface area contributed by atoms with Crippen molar-refractivity contribution in [1.82, 2.24) is 4.98 Å². The van der Waals surface area contributed by atoms with Gasteiger partial charge < -0.3 is 4.90 Å². The van der Waals surface area contributed by atoms with Crippen LogP contribution in [-0.4, -0.2) is 23.7 Å². The summed E-state index contributed by atoms with van der Waals surface area (Å²) in [4.78, 5) is 29.4. The molecule has 0 aliphatic carbocycles. The van der Waals surface area contributed by atoms with E-state index in [4.69, 9.17) is 0 Å². The van der Waals surface area contributed by atoms with E-state index in [-0.39, 0.29) is 11.7 Å². The smallest absolute Gasteiger partial charge is 0.231 e. The van der Waals surface area contributed by atoms with E-state index in [2.05, 4.69) is 4.98 Å². The van der Waals surface area contributed by atoms with E-state index < -0.39 is 0 Å². The number of hydrogen-bond donors (Lipinski definition) is 0. The van der Waals surface area contributed by atoms with Crippen molar-refractivity contribution in [3.05, 3.63) is 59.4 Å². The van der Waals surface area contributed by atoms with Gasteiger partial charge >= 0.3 is 0 Å². The van der Waals surface area contributed by atoms with E-state index in [1.165, 1.54) is 0 Å². The van der Waals surface area contributed by atoms with Crippen LogP contribution in [-0.2, 0) is 11.2 Å². The van der Waals surface area contributed by atoms with Gasteiger partial charge in [-0.3, -0.25) is 14.6 Å². The second-order valence-corrected chi connectivity index (χ2v) is 4.54. The SMILES string of the molecule is CN1C(=O)Cc2cc(C(=O)c3ccncc3)ccc21. The monoisotopic (exact) mass is 252 g/mol. The second-order valence-electron chi connectivity index (χ2n) is 4.54. The predicted molar refractivity (Wildman–Crippen MR) is 71.2 cm³/mol. The van der Waals surface area contributed by atoms with Crippen LogP contribution in [0, 0.1) is 0 Å². The van der Waals surface area contributed by atoms with Gasteiger partial charge in [0.1, 0.15) is 0 Å². The molecule has 94 valence electrons. The fourth-order valence-electron chi connectivity index (χ4n) is 2.28. The first-order chi connectivity index (χ1) is 9.16. The summed E-state index contributed by atoms with van der Waals surface area (Å²) in [6.45, 7) is 0. The first-order valence-corrected chi connectivity index (χ1v) is 6.01. The van der Waals surface area contributed by atoms with Crippen LogP contribution in [0.4, 0.5) is 5.69 Å². The molecule has 1 aliphatic rings. The highest BCUT2D eigenvalue weighted by atomic mass is 16.2. The summed E-state index contributed by atoms with van der Waals surface area (Å²) in [5, 5.41) is 0. The summed E-state index contributed by atoms with van der Waals surface area (Å²) in [6, 6.07) is 8.77. The van der Waals surface area contributed by atoms with Crippen molar-refractivity contribution in [1.29, 1.82) is 0 Å². The Labute approximate surface area is 110 Å². The number of nitrogens with zero attached hydrogens (tertiary/aromatic N) is 2. The summed E-state index contributed by atoms with van der Waals surface area (Å²) >= 11 is 0. The van der Waals surface area contributed by atoms with Crippen LogP contribution in [0.2, 0.25) is 0 Å². The van der Waals surface area contributed by atoms with E-state index >= 15 is 0 Å². The Bertz CT molecular complexity index is 665. The molecular weight excluding hydrogens is 240 g/mol. The zero-order chi connectivity index (χ0) is 13.4. The van der Waals surface area contributed by atoms with E-state index in [9.17, 15) is 9.59 Å². The molecule has 19 heavy (non-hydrogen) atoms. The number of benzene rings is 1. The van der Waals surface area contributed by atoms with Gasteiger partial charge in [-0.05, 0) is 35.9 Å². The lowest BCUT2D eigenvalue weighted by atomic mass is 10.0. The van der Waals surface area contributed by atoms with Crippen LogP contribution in [0.3, 0.4) is 0 Å². The fourth-order valence-corrected chi connectivity index (χ4v) is 2.28. The topological polar surface area (TPSA) is 50.3 Å².